The van der Waals surface area contributed by atoms with Crippen LogP contribution in [0.3, 0.4) is 0 Å². The van der Waals surface area contributed by atoms with E-state index in [4.69, 9.17) is 11.2 Å². The number of terminal acetylenes is 1. The van der Waals surface area contributed by atoms with E-state index in [0.29, 0.717) is 12.0 Å². The molecule has 1 aromatic rings. The Labute approximate surface area is 125 Å². The molecule has 1 atom stereocenters. The Kier molecular flexibility index (Phi) is 5.98. The molecule has 0 aromatic heterocycles. The van der Waals surface area contributed by atoms with Gasteiger partial charge in [-0.3, -0.25) is 4.79 Å². The maximum Gasteiger partial charge on any atom is 0.333 e. The van der Waals surface area contributed by atoms with E-state index in [0.717, 1.165) is 0 Å². The summed E-state index contributed by atoms with van der Waals surface area (Å²) in [6, 6.07) is 8.18. The van der Waals surface area contributed by atoms with Gasteiger partial charge in [0.1, 0.15) is 5.60 Å². The molecule has 21 heavy (non-hydrogen) atoms. The van der Waals surface area contributed by atoms with E-state index in [1.54, 1.807) is 45.0 Å². The summed E-state index contributed by atoms with van der Waals surface area (Å²) < 4.78 is 5.37. The van der Waals surface area contributed by atoms with Crippen LogP contribution in [0, 0.1) is 12.3 Å². The van der Waals surface area contributed by atoms with E-state index in [1.807, 2.05) is 6.07 Å². The molecule has 1 aromatic carbocycles. The van der Waals surface area contributed by atoms with E-state index in [1.165, 1.54) is 0 Å². The molecule has 1 amide bonds. The minimum Gasteiger partial charge on any atom is -0.458 e. The number of ether oxygens (including phenoxy) is 1. The number of nitrogens with one attached hydrogen (secondary N) is 1. The molecule has 0 aliphatic carbocycles. The molecule has 1 rings (SSSR count). The third-order valence-corrected chi connectivity index (χ3v) is 2.58. The van der Waals surface area contributed by atoms with Crippen molar-refractivity contribution in [2.45, 2.75) is 45.3 Å². The minimum atomic E-state index is -0.823. The lowest BCUT2D eigenvalue weighted by atomic mass is 10.1. The molecule has 0 bridgehead atoms. The molecule has 0 saturated carbocycles. The zero-order valence-electron chi connectivity index (χ0n) is 12.7. The van der Waals surface area contributed by atoms with Crippen molar-refractivity contribution in [2.75, 3.05) is 0 Å². The summed E-state index contributed by atoms with van der Waals surface area (Å²) in [6.45, 7) is 5.35. The van der Waals surface area contributed by atoms with Crippen LogP contribution in [-0.4, -0.2) is 17.5 Å². The van der Waals surface area contributed by atoms with Crippen molar-refractivity contribution >= 4 is 11.9 Å². The smallest absolute Gasteiger partial charge is 0.333 e. The summed E-state index contributed by atoms with van der Waals surface area (Å²) in [5.74, 6) is 1.65. The first-order valence-corrected chi connectivity index (χ1v) is 6.84. The van der Waals surface area contributed by atoms with Crippen molar-refractivity contribution in [3.63, 3.8) is 0 Å². The van der Waals surface area contributed by atoms with Gasteiger partial charge in [-0.15, -0.1) is 12.3 Å². The second kappa shape index (κ2) is 7.49. The van der Waals surface area contributed by atoms with E-state index < -0.39 is 17.6 Å². The molecular weight excluding hydrogens is 266 g/mol. The molecule has 0 aliphatic heterocycles. The second-order valence-electron chi connectivity index (χ2n) is 5.65. The lowest BCUT2D eigenvalue weighted by Gasteiger charge is -2.24. The van der Waals surface area contributed by atoms with Gasteiger partial charge in [-0.2, -0.15) is 0 Å². The van der Waals surface area contributed by atoms with E-state index in [9.17, 15) is 9.59 Å². The standard InChI is InChI=1S/C17H21NO3/c1-5-6-12-14(19)18-15(13-10-8-7-9-11-13)16(20)21-17(2,3)4/h1,7-11,15H,6,12H2,2-4H3,(H,18,19)/t15-/m0/s1. The van der Waals surface area contributed by atoms with Crippen molar-refractivity contribution in [3.8, 4) is 12.3 Å². The molecule has 0 heterocycles. The highest BCUT2D eigenvalue weighted by Crippen LogP contribution is 2.18. The fourth-order valence-electron chi connectivity index (χ4n) is 1.70. The normalized spacial score (nSPS) is 12.1. The topological polar surface area (TPSA) is 55.4 Å². The average molecular weight is 287 g/mol. The number of amides is 1. The average Bonchev–Trinajstić information content (AvgIpc) is 2.41. The first-order valence-electron chi connectivity index (χ1n) is 6.84. The summed E-state index contributed by atoms with van der Waals surface area (Å²) in [6.07, 6.45) is 5.66. The van der Waals surface area contributed by atoms with Crippen LogP contribution in [0.1, 0.15) is 45.2 Å². The molecule has 112 valence electrons. The Morgan fingerprint density at radius 2 is 1.90 bits per heavy atom. The Morgan fingerprint density at radius 1 is 1.29 bits per heavy atom. The van der Waals surface area contributed by atoms with Crippen LogP contribution in [0.4, 0.5) is 0 Å². The number of hydrogen-bond acceptors (Lipinski definition) is 3. The highest BCUT2D eigenvalue weighted by Gasteiger charge is 2.27. The monoisotopic (exact) mass is 287 g/mol. The molecule has 0 radical (unpaired) electrons. The zero-order valence-corrected chi connectivity index (χ0v) is 12.7. The number of esters is 1. The van der Waals surface area contributed by atoms with Gasteiger partial charge in [0.2, 0.25) is 5.91 Å². The summed E-state index contributed by atoms with van der Waals surface area (Å²) in [5, 5.41) is 2.68. The van der Waals surface area contributed by atoms with E-state index in [2.05, 4.69) is 11.2 Å². The molecule has 4 heteroatoms. The lowest BCUT2D eigenvalue weighted by Crippen LogP contribution is -2.38. The second-order valence-corrected chi connectivity index (χ2v) is 5.65. The van der Waals surface area contributed by atoms with Gasteiger partial charge in [-0.1, -0.05) is 30.3 Å². The van der Waals surface area contributed by atoms with Crippen LogP contribution < -0.4 is 5.32 Å². The van der Waals surface area contributed by atoms with Gasteiger partial charge in [-0.25, -0.2) is 4.79 Å². The summed E-state index contributed by atoms with van der Waals surface area (Å²) in [5.41, 5.74) is 0.0639. The third-order valence-electron chi connectivity index (χ3n) is 2.58. The number of carbonyl (C=O) groups is 2. The van der Waals surface area contributed by atoms with Crippen molar-refractivity contribution < 1.29 is 14.3 Å². The van der Waals surface area contributed by atoms with Crippen LogP contribution >= 0.6 is 0 Å². The Bertz CT molecular complexity index is 523. The zero-order chi connectivity index (χ0) is 15.9. The van der Waals surface area contributed by atoms with Gasteiger partial charge in [-0.05, 0) is 26.3 Å². The maximum absolute atomic E-state index is 12.3. The fourth-order valence-corrected chi connectivity index (χ4v) is 1.70. The van der Waals surface area contributed by atoms with Gasteiger partial charge in [0.25, 0.3) is 0 Å². The lowest BCUT2D eigenvalue weighted by molar-refractivity contribution is -0.158. The summed E-state index contributed by atoms with van der Waals surface area (Å²) in [4.78, 5) is 24.1. The first kappa shape index (κ1) is 16.8. The van der Waals surface area contributed by atoms with Crippen LogP contribution in [-0.2, 0) is 14.3 Å². The maximum atomic E-state index is 12.3. The third kappa shape index (κ3) is 6.13. The molecule has 0 aliphatic rings. The van der Waals surface area contributed by atoms with Crippen LogP contribution in [0.5, 0.6) is 0 Å². The van der Waals surface area contributed by atoms with Crippen LogP contribution in [0.25, 0.3) is 0 Å². The number of carbonyl (C=O) groups excluding carboxylic acids is 2. The Balaban J connectivity index is 2.88. The van der Waals surface area contributed by atoms with Gasteiger partial charge < -0.3 is 10.1 Å². The van der Waals surface area contributed by atoms with E-state index >= 15 is 0 Å². The van der Waals surface area contributed by atoms with Crippen LogP contribution in [0.2, 0.25) is 0 Å². The van der Waals surface area contributed by atoms with E-state index in [-0.39, 0.29) is 12.3 Å². The summed E-state index contributed by atoms with van der Waals surface area (Å²) in [7, 11) is 0. The molecule has 0 saturated heterocycles. The van der Waals surface area contributed by atoms with Crippen molar-refractivity contribution in [1.82, 2.24) is 5.32 Å². The molecule has 1 N–H and O–H groups in total. The van der Waals surface area contributed by atoms with Gasteiger partial charge in [0.15, 0.2) is 6.04 Å². The fraction of sp³-hybridized carbons (Fsp3) is 0.412. The minimum absolute atomic E-state index is 0.183. The predicted octanol–water partition coefficient (Wildman–Crippen LogP) is 2.60. The first-order chi connectivity index (χ1) is 9.83. The molecule has 0 fully saturated rings. The summed E-state index contributed by atoms with van der Waals surface area (Å²) >= 11 is 0. The van der Waals surface area contributed by atoms with Crippen molar-refractivity contribution in [2.24, 2.45) is 0 Å². The van der Waals surface area contributed by atoms with Gasteiger partial charge in [0.05, 0.1) is 0 Å². The Hall–Kier alpha value is -2.28. The highest BCUT2D eigenvalue weighted by molar-refractivity contribution is 5.85. The van der Waals surface area contributed by atoms with Gasteiger partial charge >= 0.3 is 5.97 Å². The molecule has 4 nitrogen and oxygen atoms in total. The number of benzene rings is 1. The predicted molar refractivity (Wildman–Crippen MR) is 81.2 cm³/mol. The van der Waals surface area contributed by atoms with Crippen LogP contribution in [0.15, 0.2) is 30.3 Å². The number of rotatable bonds is 5. The molecule has 0 unspecified atom stereocenters. The van der Waals surface area contributed by atoms with Gasteiger partial charge in [0, 0.05) is 12.8 Å². The Morgan fingerprint density at radius 3 is 2.43 bits per heavy atom. The molecular formula is C17H21NO3. The van der Waals surface area contributed by atoms with Crippen molar-refractivity contribution in [1.29, 1.82) is 0 Å². The highest BCUT2D eigenvalue weighted by atomic mass is 16.6. The largest absolute Gasteiger partial charge is 0.458 e. The quantitative estimate of drug-likeness (QED) is 0.669. The van der Waals surface area contributed by atoms with Crippen molar-refractivity contribution in [3.05, 3.63) is 35.9 Å². The SMILES string of the molecule is C#CCCC(=O)N[C@H](C(=O)OC(C)(C)C)c1ccccc1. The number of hydrogen-bond donors (Lipinski definition) is 1. The molecule has 0 spiro atoms.